The molecule has 0 aliphatic rings. The van der Waals surface area contributed by atoms with Gasteiger partial charge in [-0.15, -0.1) is 11.3 Å². The van der Waals surface area contributed by atoms with Crippen LogP contribution in [0.3, 0.4) is 0 Å². The highest BCUT2D eigenvalue weighted by molar-refractivity contribution is 7.20. The van der Waals surface area contributed by atoms with Crippen LogP contribution in [0.1, 0.15) is 59.5 Å². The van der Waals surface area contributed by atoms with Crippen molar-refractivity contribution in [1.29, 1.82) is 0 Å². The number of H-pyrrole nitrogens is 1. The van der Waals surface area contributed by atoms with Gasteiger partial charge in [-0.3, -0.25) is 4.79 Å². The molecular formula is C20H24N3O3S+. The van der Waals surface area contributed by atoms with Crippen molar-refractivity contribution in [3.05, 3.63) is 62.5 Å². The molecule has 6 nitrogen and oxygen atoms in total. The normalized spacial score (nSPS) is 13.5. The molecule has 2 aromatic heterocycles. The van der Waals surface area contributed by atoms with Gasteiger partial charge in [0.25, 0.3) is 5.56 Å². The van der Waals surface area contributed by atoms with Crippen molar-refractivity contribution in [3.63, 3.8) is 0 Å². The summed E-state index contributed by atoms with van der Waals surface area (Å²) in [5, 5.41) is 2.63. The Morgan fingerprint density at radius 1 is 1.26 bits per heavy atom. The summed E-state index contributed by atoms with van der Waals surface area (Å²) in [4.78, 5) is 33.3. The van der Waals surface area contributed by atoms with E-state index in [1.165, 1.54) is 16.9 Å². The lowest BCUT2D eigenvalue weighted by atomic mass is 10.1. The number of fused-ring (bicyclic) bond motifs is 1. The first-order valence-electron chi connectivity index (χ1n) is 9.02. The lowest BCUT2D eigenvalue weighted by Crippen LogP contribution is -2.85. The van der Waals surface area contributed by atoms with Crippen LogP contribution in [0.5, 0.6) is 0 Å². The molecule has 0 unspecified atom stereocenters. The van der Waals surface area contributed by atoms with Crippen LogP contribution < -0.4 is 10.9 Å². The Kier molecular flexibility index (Phi) is 5.72. The van der Waals surface area contributed by atoms with E-state index in [-0.39, 0.29) is 17.6 Å². The Bertz CT molecular complexity index is 1010. The van der Waals surface area contributed by atoms with Gasteiger partial charge in [-0.1, -0.05) is 30.3 Å². The zero-order valence-electron chi connectivity index (χ0n) is 15.9. The SMILES string of the molecule is CCOC(=O)c1sc2nc([C@H](C)[NH2+][C@H](C)c3ccccc3)[nH]c(=O)c2c1C. The number of ether oxygens (including phenoxy) is 1. The lowest BCUT2D eigenvalue weighted by molar-refractivity contribution is -0.729. The maximum Gasteiger partial charge on any atom is 0.348 e. The maximum atomic E-state index is 12.6. The summed E-state index contributed by atoms with van der Waals surface area (Å²) >= 11 is 1.21. The predicted octanol–water partition coefficient (Wildman–Crippen LogP) is 2.86. The molecule has 3 aromatic rings. The fourth-order valence-corrected chi connectivity index (χ4v) is 4.24. The molecule has 0 spiro atoms. The second-order valence-electron chi connectivity index (χ2n) is 6.59. The van der Waals surface area contributed by atoms with Gasteiger partial charge in [-0.25, -0.2) is 9.78 Å². The summed E-state index contributed by atoms with van der Waals surface area (Å²) in [6.07, 6.45) is 0. The molecule has 0 amide bonds. The van der Waals surface area contributed by atoms with Crippen LogP contribution in [0, 0.1) is 6.92 Å². The highest BCUT2D eigenvalue weighted by Gasteiger charge is 2.23. The maximum absolute atomic E-state index is 12.6. The van der Waals surface area contributed by atoms with Crippen molar-refractivity contribution < 1.29 is 14.8 Å². The number of carbonyl (C=O) groups is 1. The number of esters is 1. The number of hydrogen-bond acceptors (Lipinski definition) is 5. The van der Waals surface area contributed by atoms with E-state index in [4.69, 9.17) is 4.74 Å². The Morgan fingerprint density at radius 2 is 1.96 bits per heavy atom. The summed E-state index contributed by atoms with van der Waals surface area (Å²) < 4.78 is 5.08. The van der Waals surface area contributed by atoms with Gasteiger partial charge in [0, 0.05) is 5.56 Å². The number of benzene rings is 1. The number of quaternary nitrogens is 1. The van der Waals surface area contributed by atoms with Crippen molar-refractivity contribution in [2.24, 2.45) is 0 Å². The molecule has 27 heavy (non-hydrogen) atoms. The van der Waals surface area contributed by atoms with Gasteiger partial charge in [0.05, 0.1) is 12.0 Å². The monoisotopic (exact) mass is 386 g/mol. The van der Waals surface area contributed by atoms with Gasteiger partial charge in [0.2, 0.25) is 0 Å². The molecular weight excluding hydrogens is 362 g/mol. The number of nitrogens with zero attached hydrogens (tertiary/aromatic N) is 1. The van der Waals surface area contributed by atoms with Gasteiger partial charge < -0.3 is 15.0 Å². The van der Waals surface area contributed by atoms with E-state index in [2.05, 4.69) is 34.3 Å². The summed E-state index contributed by atoms with van der Waals surface area (Å²) in [5.74, 6) is 0.197. The van der Waals surface area contributed by atoms with Crippen LogP contribution in [-0.2, 0) is 4.74 Å². The van der Waals surface area contributed by atoms with Crippen LogP contribution in [0.4, 0.5) is 0 Å². The van der Waals surface area contributed by atoms with E-state index in [0.29, 0.717) is 33.1 Å². The van der Waals surface area contributed by atoms with Crippen molar-refractivity contribution in [1.82, 2.24) is 9.97 Å². The lowest BCUT2D eigenvalue weighted by Gasteiger charge is -2.16. The Balaban J connectivity index is 1.91. The summed E-state index contributed by atoms with van der Waals surface area (Å²) in [7, 11) is 0. The Hall–Kier alpha value is -2.51. The number of nitrogens with one attached hydrogen (secondary N) is 1. The molecule has 3 N–H and O–H groups in total. The molecule has 1 aromatic carbocycles. The number of rotatable bonds is 6. The third-order valence-electron chi connectivity index (χ3n) is 4.61. The summed E-state index contributed by atoms with van der Waals surface area (Å²) in [6.45, 7) is 7.95. The molecule has 0 saturated heterocycles. The molecule has 2 heterocycles. The quantitative estimate of drug-likeness (QED) is 0.638. The van der Waals surface area contributed by atoms with Crippen LogP contribution >= 0.6 is 11.3 Å². The van der Waals surface area contributed by atoms with E-state index in [0.717, 1.165) is 0 Å². The van der Waals surface area contributed by atoms with Crippen LogP contribution in [0.2, 0.25) is 0 Å². The van der Waals surface area contributed by atoms with Crippen molar-refractivity contribution in [2.75, 3.05) is 6.61 Å². The fraction of sp³-hybridized carbons (Fsp3) is 0.350. The fourth-order valence-electron chi connectivity index (χ4n) is 3.16. The zero-order chi connectivity index (χ0) is 19.6. The average Bonchev–Trinajstić information content (AvgIpc) is 2.99. The van der Waals surface area contributed by atoms with Gasteiger partial charge in [-0.05, 0) is 33.3 Å². The zero-order valence-corrected chi connectivity index (χ0v) is 16.7. The largest absolute Gasteiger partial charge is 0.462 e. The third kappa shape index (κ3) is 3.94. The van der Waals surface area contributed by atoms with Gasteiger partial charge in [-0.2, -0.15) is 0 Å². The van der Waals surface area contributed by atoms with E-state index in [9.17, 15) is 9.59 Å². The number of nitrogens with two attached hydrogens (primary N) is 1. The minimum absolute atomic E-state index is 0.0363. The van der Waals surface area contributed by atoms with Crippen molar-refractivity contribution in [2.45, 2.75) is 39.8 Å². The number of hydrogen-bond donors (Lipinski definition) is 2. The molecule has 0 aliphatic carbocycles. The molecule has 0 saturated carbocycles. The Labute approximate surface area is 161 Å². The first-order valence-corrected chi connectivity index (χ1v) is 9.84. The summed E-state index contributed by atoms with van der Waals surface area (Å²) in [5.41, 5.74) is 1.62. The van der Waals surface area contributed by atoms with Crippen LogP contribution in [-0.4, -0.2) is 22.5 Å². The first-order chi connectivity index (χ1) is 12.9. The number of aryl methyl sites for hydroxylation is 1. The molecule has 3 rings (SSSR count). The van der Waals surface area contributed by atoms with Gasteiger partial charge in [0.1, 0.15) is 21.8 Å². The molecule has 0 aliphatic heterocycles. The van der Waals surface area contributed by atoms with Crippen LogP contribution in [0.15, 0.2) is 35.1 Å². The topological polar surface area (TPSA) is 88.7 Å². The number of aromatic amines is 1. The average molecular weight is 386 g/mol. The number of aromatic nitrogens is 2. The highest BCUT2D eigenvalue weighted by Crippen LogP contribution is 2.28. The molecule has 7 heteroatoms. The van der Waals surface area contributed by atoms with E-state index < -0.39 is 5.97 Å². The van der Waals surface area contributed by atoms with Crippen molar-refractivity contribution in [3.8, 4) is 0 Å². The minimum Gasteiger partial charge on any atom is -0.462 e. The molecule has 0 radical (unpaired) electrons. The predicted molar refractivity (Wildman–Crippen MR) is 106 cm³/mol. The molecule has 0 bridgehead atoms. The summed E-state index contributed by atoms with van der Waals surface area (Å²) in [6, 6.07) is 10.4. The van der Waals surface area contributed by atoms with E-state index in [1.807, 2.05) is 25.1 Å². The number of carbonyl (C=O) groups excluding carboxylic acids is 1. The number of thiophene rings is 1. The Morgan fingerprint density at radius 3 is 2.63 bits per heavy atom. The van der Waals surface area contributed by atoms with E-state index >= 15 is 0 Å². The molecule has 142 valence electrons. The van der Waals surface area contributed by atoms with Crippen molar-refractivity contribution >= 4 is 27.5 Å². The van der Waals surface area contributed by atoms with E-state index in [1.54, 1.807) is 13.8 Å². The van der Waals surface area contributed by atoms with Gasteiger partial charge >= 0.3 is 5.97 Å². The third-order valence-corrected chi connectivity index (χ3v) is 5.78. The smallest absolute Gasteiger partial charge is 0.348 e. The second-order valence-corrected chi connectivity index (χ2v) is 7.59. The minimum atomic E-state index is -0.406. The van der Waals surface area contributed by atoms with Gasteiger partial charge in [0.15, 0.2) is 5.82 Å². The highest BCUT2D eigenvalue weighted by atomic mass is 32.1. The second kappa shape index (κ2) is 8.02. The molecule has 0 fully saturated rings. The first kappa shape index (κ1) is 19.3. The van der Waals surface area contributed by atoms with Crippen LogP contribution in [0.25, 0.3) is 10.2 Å². The molecule has 2 atom stereocenters. The standard InChI is InChI=1S/C20H23N3O3S/c1-5-26-20(25)16-11(2)15-18(24)22-17(23-19(15)27-16)13(4)21-12(3)14-9-7-6-8-10-14/h6-10,12-13,21H,5H2,1-4H3,(H,22,23,24)/p+1/t12-,13+/m1/s1.